The van der Waals surface area contributed by atoms with Crippen molar-refractivity contribution in [3.63, 3.8) is 0 Å². The number of hydrogen-bond donors (Lipinski definition) is 0. The van der Waals surface area contributed by atoms with Gasteiger partial charge in [0.2, 0.25) is 0 Å². The molecular formula is C18H11Cl2N3. The van der Waals surface area contributed by atoms with Gasteiger partial charge in [-0.25, -0.2) is 9.97 Å². The zero-order valence-electron chi connectivity index (χ0n) is 12.2. The molecule has 2 heterocycles. The molecule has 0 spiro atoms. The summed E-state index contributed by atoms with van der Waals surface area (Å²) in [6.45, 7) is 1.94. The van der Waals surface area contributed by atoms with Crippen LogP contribution in [0, 0.1) is 6.92 Å². The molecule has 0 aliphatic rings. The lowest BCUT2D eigenvalue weighted by atomic mass is 10.1. The number of fused-ring (bicyclic) bond motifs is 3. The second-order valence-corrected chi connectivity index (χ2v) is 6.10. The van der Waals surface area contributed by atoms with Crippen LogP contribution in [0.15, 0.2) is 48.7 Å². The van der Waals surface area contributed by atoms with Gasteiger partial charge >= 0.3 is 0 Å². The van der Waals surface area contributed by atoms with E-state index in [1.54, 1.807) is 12.3 Å². The molecule has 0 saturated heterocycles. The molecule has 112 valence electrons. The predicted molar refractivity (Wildman–Crippen MR) is 95.0 cm³/mol. The van der Waals surface area contributed by atoms with E-state index in [9.17, 15) is 0 Å². The van der Waals surface area contributed by atoms with Gasteiger partial charge in [0.1, 0.15) is 0 Å². The largest absolute Gasteiger partial charge is 0.256 e. The number of aromatic nitrogens is 3. The highest BCUT2D eigenvalue weighted by Gasteiger charge is 2.11. The van der Waals surface area contributed by atoms with Gasteiger partial charge in [-0.3, -0.25) is 4.98 Å². The van der Waals surface area contributed by atoms with Crippen molar-refractivity contribution in [1.29, 1.82) is 0 Å². The lowest BCUT2D eigenvalue weighted by Gasteiger charge is -2.09. The van der Waals surface area contributed by atoms with Crippen LogP contribution in [0.1, 0.15) is 5.69 Å². The van der Waals surface area contributed by atoms with Crippen molar-refractivity contribution < 1.29 is 0 Å². The van der Waals surface area contributed by atoms with Crippen molar-refractivity contribution in [3.05, 3.63) is 64.4 Å². The summed E-state index contributed by atoms with van der Waals surface area (Å²) in [7, 11) is 0. The van der Waals surface area contributed by atoms with Gasteiger partial charge in [0, 0.05) is 17.1 Å². The maximum Gasteiger partial charge on any atom is 0.0988 e. The van der Waals surface area contributed by atoms with Gasteiger partial charge < -0.3 is 0 Å². The van der Waals surface area contributed by atoms with Gasteiger partial charge in [0.25, 0.3) is 0 Å². The van der Waals surface area contributed by atoms with Gasteiger partial charge in [-0.15, -0.1) is 0 Å². The summed E-state index contributed by atoms with van der Waals surface area (Å²) in [6.07, 6.45) is 1.77. The van der Waals surface area contributed by atoms with Gasteiger partial charge in [-0.05, 0) is 43.3 Å². The lowest BCUT2D eigenvalue weighted by Crippen LogP contribution is -1.95. The summed E-state index contributed by atoms with van der Waals surface area (Å²) in [5.74, 6) is 0. The molecule has 0 N–H and O–H groups in total. The van der Waals surface area contributed by atoms with Crippen molar-refractivity contribution in [2.24, 2.45) is 0 Å². The fourth-order valence-electron chi connectivity index (χ4n) is 2.68. The van der Waals surface area contributed by atoms with E-state index in [1.807, 2.05) is 43.3 Å². The normalized spacial score (nSPS) is 11.3. The first-order valence-electron chi connectivity index (χ1n) is 7.11. The summed E-state index contributed by atoms with van der Waals surface area (Å²) in [5.41, 5.74) is 5.13. The molecule has 0 saturated carbocycles. The number of aryl methyl sites for hydroxylation is 1. The third-order valence-corrected chi connectivity index (χ3v) is 4.52. The standard InChI is InChI=1S/C18H11Cl2N3/c1-10-17(11-4-5-13(19)14(20)9-11)23-18-12-3-2-8-21-15(12)6-7-16(18)22-10/h2-9H,1H3. The predicted octanol–water partition coefficient (Wildman–Crippen LogP) is 5.46. The molecule has 4 rings (SSSR count). The Morgan fingerprint density at radius 2 is 1.70 bits per heavy atom. The van der Waals surface area contributed by atoms with Crippen molar-refractivity contribution in [1.82, 2.24) is 15.0 Å². The van der Waals surface area contributed by atoms with Crippen LogP contribution in [-0.4, -0.2) is 15.0 Å². The Labute approximate surface area is 142 Å². The Balaban J connectivity index is 2.05. The third-order valence-electron chi connectivity index (χ3n) is 3.78. The summed E-state index contributed by atoms with van der Waals surface area (Å²) >= 11 is 12.1. The average molecular weight is 340 g/mol. The van der Waals surface area contributed by atoms with E-state index >= 15 is 0 Å². The van der Waals surface area contributed by atoms with E-state index in [4.69, 9.17) is 28.2 Å². The Kier molecular flexibility index (Phi) is 3.40. The molecule has 0 fully saturated rings. The molecule has 2 aromatic heterocycles. The molecule has 5 heteroatoms. The second-order valence-electron chi connectivity index (χ2n) is 5.29. The van der Waals surface area contributed by atoms with E-state index in [-0.39, 0.29) is 0 Å². The maximum absolute atomic E-state index is 6.14. The molecule has 0 bridgehead atoms. The zero-order valence-corrected chi connectivity index (χ0v) is 13.7. The summed E-state index contributed by atoms with van der Waals surface area (Å²) < 4.78 is 0. The first-order valence-corrected chi connectivity index (χ1v) is 7.86. The number of benzene rings is 2. The van der Waals surface area contributed by atoms with Crippen LogP contribution in [0.5, 0.6) is 0 Å². The molecule has 0 aliphatic heterocycles. The molecule has 0 amide bonds. The average Bonchev–Trinajstić information content (AvgIpc) is 2.56. The molecule has 0 aliphatic carbocycles. The van der Waals surface area contributed by atoms with E-state index in [1.165, 1.54) is 0 Å². The van der Waals surface area contributed by atoms with Crippen LogP contribution in [0.3, 0.4) is 0 Å². The number of nitrogens with zero attached hydrogens (tertiary/aromatic N) is 3. The quantitative estimate of drug-likeness (QED) is 0.432. The van der Waals surface area contributed by atoms with Crippen molar-refractivity contribution in [3.8, 4) is 11.3 Å². The first kappa shape index (κ1) is 14.4. The smallest absolute Gasteiger partial charge is 0.0988 e. The van der Waals surface area contributed by atoms with E-state index < -0.39 is 0 Å². The molecular weight excluding hydrogens is 329 g/mol. The first-order chi connectivity index (χ1) is 11.1. The van der Waals surface area contributed by atoms with Crippen LogP contribution >= 0.6 is 23.2 Å². The van der Waals surface area contributed by atoms with Gasteiger partial charge in [0.05, 0.1) is 38.0 Å². The number of rotatable bonds is 1. The Morgan fingerprint density at radius 1 is 0.870 bits per heavy atom. The number of pyridine rings is 1. The Bertz CT molecular complexity index is 1060. The minimum Gasteiger partial charge on any atom is -0.256 e. The van der Waals surface area contributed by atoms with E-state index in [0.717, 1.165) is 38.9 Å². The number of hydrogen-bond acceptors (Lipinski definition) is 3. The molecule has 4 aromatic rings. The van der Waals surface area contributed by atoms with Crippen molar-refractivity contribution in [2.45, 2.75) is 6.92 Å². The minimum absolute atomic E-state index is 0.505. The second kappa shape index (κ2) is 5.44. The fraction of sp³-hybridized carbons (Fsp3) is 0.0556. The monoisotopic (exact) mass is 339 g/mol. The van der Waals surface area contributed by atoms with E-state index in [0.29, 0.717) is 10.0 Å². The van der Waals surface area contributed by atoms with Crippen LogP contribution in [0.4, 0.5) is 0 Å². The van der Waals surface area contributed by atoms with Gasteiger partial charge in [0.15, 0.2) is 0 Å². The highest BCUT2D eigenvalue weighted by Crippen LogP contribution is 2.31. The molecule has 23 heavy (non-hydrogen) atoms. The van der Waals surface area contributed by atoms with Crippen LogP contribution in [0.2, 0.25) is 10.0 Å². The van der Waals surface area contributed by atoms with E-state index in [2.05, 4.69) is 9.97 Å². The molecule has 2 aromatic carbocycles. The summed E-state index contributed by atoms with van der Waals surface area (Å²) in [4.78, 5) is 13.9. The van der Waals surface area contributed by atoms with Crippen LogP contribution < -0.4 is 0 Å². The van der Waals surface area contributed by atoms with Crippen molar-refractivity contribution in [2.75, 3.05) is 0 Å². The molecule has 0 unspecified atom stereocenters. The SMILES string of the molecule is Cc1nc2ccc3ncccc3c2nc1-c1ccc(Cl)c(Cl)c1. The molecule has 0 atom stereocenters. The fourth-order valence-corrected chi connectivity index (χ4v) is 2.97. The summed E-state index contributed by atoms with van der Waals surface area (Å²) in [6, 6.07) is 13.3. The maximum atomic E-state index is 6.14. The zero-order chi connectivity index (χ0) is 16.0. The molecule has 3 nitrogen and oxygen atoms in total. The van der Waals surface area contributed by atoms with Crippen LogP contribution in [0.25, 0.3) is 33.2 Å². The highest BCUT2D eigenvalue weighted by atomic mass is 35.5. The third kappa shape index (κ3) is 2.42. The Hall–Kier alpha value is -2.23. The molecule has 0 radical (unpaired) electrons. The Morgan fingerprint density at radius 3 is 2.52 bits per heavy atom. The minimum atomic E-state index is 0.505. The lowest BCUT2D eigenvalue weighted by molar-refractivity contribution is 1.19. The van der Waals surface area contributed by atoms with Crippen molar-refractivity contribution >= 4 is 45.1 Å². The van der Waals surface area contributed by atoms with Gasteiger partial charge in [-0.1, -0.05) is 29.3 Å². The topological polar surface area (TPSA) is 38.7 Å². The highest BCUT2D eigenvalue weighted by molar-refractivity contribution is 6.42. The number of halogens is 2. The van der Waals surface area contributed by atoms with Crippen LogP contribution in [-0.2, 0) is 0 Å². The summed E-state index contributed by atoms with van der Waals surface area (Å²) in [5, 5.41) is 2.01. The van der Waals surface area contributed by atoms with Gasteiger partial charge in [-0.2, -0.15) is 0 Å².